The summed E-state index contributed by atoms with van der Waals surface area (Å²) in [5, 5.41) is 3.33. The summed E-state index contributed by atoms with van der Waals surface area (Å²) in [6.07, 6.45) is 1.12. The molecule has 0 saturated carbocycles. The Hall–Kier alpha value is -1.39. The van der Waals surface area contributed by atoms with Gasteiger partial charge in [0.2, 0.25) is 5.88 Å². The van der Waals surface area contributed by atoms with Crippen LogP contribution in [-0.2, 0) is 6.54 Å². The summed E-state index contributed by atoms with van der Waals surface area (Å²) in [7, 11) is 0. The zero-order valence-corrected chi connectivity index (χ0v) is 12.5. The standard InChI is InChI=1S/C15H17BrN2O/c1-2-10-17-11-12-6-5-9-15(18-12)19-14-8-4-3-7-13(14)16/h3-9,17H,2,10-11H2,1H3. The van der Waals surface area contributed by atoms with Crippen LogP contribution in [0.4, 0.5) is 0 Å². The zero-order chi connectivity index (χ0) is 13.5. The van der Waals surface area contributed by atoms with E-state index >= 15 is 0 Å². The minimum atomic E-state index is 0.614. The third-order valence-corrected chi connectivity index (χ3v) is 3.22. The molecule has 100 valence electrons. The number of pyridine rings is 1. The van der Waals surface area contributed by atoms with Crippen LogP contribution in [0.2, 0.25) is 0 Å². The van der Waals surface area contributed by atoms with Gasteiger partial charge in [-0.05, 0) is 47.1 Å². The highest BCUT2D eigenvalue weighted by Gasteiger charge is 2.03. The van der Waals surface area contributed by atoms with Crippen molar-refractivity contribution in [2.75, 3.05) is 6.54 Å². The summed E-state index contributed by atoms with van der Waals surface area (Å²) in [6.45, 7) is 3.91. The van der Waals surface area contributed by atoms with Gasteiger partial charge >= 0.3 is 0 Å². The van der Waals surface area contributed by atoms with E-state index in [1.165, 1.54) is 0 Å². The van der Waals surface area contributed by atoms with Crippen molar-refractivity contribution in [1.29, 1.82) is 0 Å². The van der Waals surface area contributed by atoms with Gasteiger partial charge in [0.1, 0.15) is 5.75 Å². The van der Waals surface area contributed by atoms with E-state index < -0.39 is 0 Å². The molecule has 0 bridgehead atoms. The van der Waals surface area contributed by atoms with Crippen LogP contribution in [0.15, 0.2) is 46.9 Å². The van der Waals surface area contributed by atoms with Crippen LogP contribution in [0.25, 0.3) is 0 Å². The fourth-order valence-corrected chi connectivity index (χ4v) is 2.01. The molecule has 1 aromatic carbocycles. The van der Waals surface area contributed by atoms with Crippen molar-refractivity contribution in [3.8, 4) is 11.6 Å². The number of hydrogen-bond donors (Lipinski definition) is 1. The first-order valence-electron chi connectivity index (χ1n) is 6.38. The second kappa shape index (κ2) is 7.26. The molecule has 0 radical (unpaired) electrons. The third-order valence-electron chi connectivity index (χ3n) is 2.57. The average Bonchev–Trinajstić information content (AvgIpc) is 2.42. The van der Waals surface area contributed by atoms with E-state index in [2.05, 4.69) is 33.2 Å². The van der Waals surface area contributed by atoms with Crippen LogP contribution >= 0.6 is 15.9 Å². The fourth-order valence-electron chi connectivity index (χ4n) is 1.65. The number of ether oxygens (including phenoxy) is 1. The SMILES string of the molecule is CCCNCc1cccc(Oc2ccccc2Br)n1. The molecular formula is C15H17BrN2O. The highest BCUT2D eigenvalue weighted by molar-refractivity contribution is 9.10. The predicted octanol–water partition coefficient (Wildman–Crippen LogP) is 4.14. The minimum Gasteiger partial charge on any atom is -0.438 e. The summed E-state index contributed by atoms with van der Waals surface area (Å²) in [4.78, 5) is 4.48. The lowest BCUT2D eigenvalue weighted by molar-refractivity contribution is 0.457. The van der Waals surface area contributed by atoms with E-state index in [0.29, 0.717) is 5.88 Å². The van der Waals surface area contributed by atoms with E-state index in [1.807, 2.05) is 42.5 Å². The van der Waals surface area contributed by atoms with Gasteiger partial charge in [-0.15, -0.1) is 0 Å². The number of halogens is 1. The van der Waals surface area contributed by atoms with Crippen molar-refractivity contribution in [2.24, 2.45) is 0 Å². The Bertz CT molecular complexity index is 531. The largest absolute Gasteiger partial charge is 0.438 e. The van der Waals surface area contributed by atoms with Gasteiger partial charge < -0.3 is 10.1 Å². The second-order valence-corrected chi connectivity index (χ2v) is 5.03. The van der Waals surface area contributed by atoms with E-state index in [-0.39, 0.29) is 0 Å². The number of para-hydroxylation sites is 1. The van der Waals surface area contributed by atoms with Crippen molar-refractivity contribution < 1.29 is 4.74 Å². The number of nitrogens with one attached hydrogen (secondary N) is 1. The van der Waals surface area contributed by atoms with Gasteiger partial charge in [0.25, 0.3) is 0 Å². The second-order valence-electron chi connectivity index (χ2n) is 4.18. The molecule has 0 saturated heterocycles. The van der Waals surface area contributed by atoms with Crippen molar-refractivity contribution in [2.45, 2.75) is 19.9 Å². The fraction of sp³-hybridized carbons (Fsp3) is 0.267. The summed E-state index contributed by atoms with van der Waals surface area (Å²) in [6, 6.07) is 13.6. The summed E-state index contributed by atoms with van der Waals surface area (Å²) >= 11 is 3.46. The summed E-state index contributed by atoms with van der Waals surface area (Å²) in [5.74, 6) is 1.39. The molecule has 0 aliphatic rings. The maximum absolute atomic E-state index is 5.77. The Labute approximate surface area is 122 Å². The maximum atomic E-state index is 5.77. The Morgan fingerprint density at radius 3 is 2.79 bits per heavy atom. The molecule has 0 spiro atoms. The number of benzene rings is 1. The van der Waals surface area contributed by atoms with Gasteiger partial charge in [0.05, 0.1) is 10.2 Å². The summed E-state index contributed by atoms with van der Waals surface area (Å²) in [5.41, 5.74) is 0.984. The highest BCUT2D eigenvalue weighted by atomic mass is 79.9. The molecule has 0 atom stereocenters. The highest BCUT2D eigenvalue weighted by Crippen LogP contribution is 2.28. The molecule has 1 aromatic heterocycles. The molecule has 2 aromatic rings. The molecule has 4 heteroatoms. The topological polar surface area (TPSA) is 34.1 Å². The predicted molar refractivity (Wildman–Crippen MR) is 80.5 cm³/mol. The molecule has 1 heterocycles. The van der Waals surface area contributed by atoms with Gasteiger partial charge in [-0.1, -0.05) is 25.1 Å². The van der Waals surface area contributed by atoms with Crippen molar-refractivity contribution >= 4 is 15.9 Å². The third kappa shape index (κ3) is 4.33. The van der Waals surface area contributed by atoms with Crippen LogP contribution in [0.3, 0.4) is 0 Å². The van der Waals surface area contributed by atoms with Gasteiger partial charge in [-0.3, -0.25) is 0 Å². The first kappa shape index (κ1) is 14.0. The minimum absolute atomic E-state index is 0.614. The van der Waals surface area contributed by atoms with Crippen LogP contribution in [0.1, 0.15) is 19.0 Å². The maximum Gasteiger partial charge on any atom is 0.219 e. The Kier molecular flexibility index (Phi) is 5.36. The lowest BCUT2D eigenvalue weighted by Crippen LogP contribution is -2.14. The van der Waals surface area contributed by atoms with E-state index in [0.717, 1.165) is 35.4 Å². The smallest absolute Gasteiger partial charge is 0.219 e. The zero-order valence-electron chi connectivity index (χ0n) is 10.9. The van der Waals surface area contributed by atoms with Crippen LogP contribution < -0.4 is 10.1 Å². The first-order valence-corrected chi connectivity index (χ1v) is 7.18. The Balaban J connectivity index is 2.05. The molecule has 0 aliphatic carbocycles. The normalized spacial score (nSPS) is 10.4. The molecule has 0 fully saturated rings. The first-order chi connectivity index (χ1) is 9.29. The number of nitrogens with zero attached hydrogens (tertiary/aromatic N) is 1. The van der Waals surface area contributed by atoms with Crippen molar-refractivity contribution in [3.05, 3.63) is 52.6 Å². The van der Waals surface area contributed by atoms with E-state index in [1.54, 1.807) is 0 Å². The number of hydrogen-bond acceptors (Lipinski definition) is 3. The van der Waals surface area contributed by atoms with E-state index in [9.17, 15) is 0 Å². The van der Waals surface area contributed by atoms with Crippen LogP contribution in [-0.4, -0.2) is 11.5 Å². The lowest BCUT2D eigenvalue weighted by Gasteiger charge is -2.08. The van der Waals surface area contributed by atoms with Gasteiger partial charge in [0, 0.05) is 12.6 Å². The van der Waals surface area contributed by atoms with Crippen molar-refractivity contribution in [1.82, 2.24) is 10.3 Å². The molecule has 19 heavy (non-hydrogen) atoms. The monoisotopic (exact) mass is 320 g/mol. The molecule has 2 rings (SSSR count). The Morgan fingerprint density at radius 1 is 1.16 bits per heavy atom. The lowest BCUT2D eigenvalue weighted by atomic mass is 10.3. The molecule has 1 N–H and O–H groups in total. The Morgan fingerprint density at radius 2 is 2.00 bits per heavy atom. The van der Waals surface area contributed by atoms with Gasteiger partial charge in [-0.25, -0.2) is 4.98 Å². The van der Waals surface area contributed by atoms with Crippen LogP contribution in [0, 0.1) is 0 Å². The molecule has 0 amide bonds. The quantitative estimate of drug-likeness (QED) is 0.812. The number of rotatable bonds is 6. The molecular weight excluding hydrogens is 304 g/mol. The van der Waals surface area contributed by atoms with Gasteiger partial charge in [0.15, 0.2) is 0 Å². The van der Waals surface area contributed by atoms with E-state index in [4.69, 9.17) is 4.74 Å². The number of aromatic nitrogens is 1. The van der Waals surface area contributed by atoms with Crippen LogP contribution in [0.5, 0.6) is 11.6 Å². The molecule has 0 aliphatic heterocycles. The summed E-state index contributed by atoms with van der Waals surface area (Å²) < 4.78 is 6.69. The average molecular weight is 321 g/mol. The molecule has 3 nitrogen and oxygen atoms in total. The van der Waals surface area contributed by atoms with Gasteiger partial charge in [-0.2, -0.15) is 0 Å². The van der Waals surface area contributed by atoms with Crippen molar-refractivity contribution in [3.63, 3.8) is 0 Å². The molecule has 0 unspecified atom stereocenters.